The topological polar surface area (TPSA) is 20.2 Å². The van der Waals surface area contributed by atoms with Crippen LogP contribution >= 0.6 is 0 Å². The van der Waals surface area contributed by atoms with Gasteiger partial charge >= 0.3 is 12.4 Å². The van der Waals surface area contributed by atoms with Gasteiger partial charge in [0.05, 0.1) is 11.1 Å². The molecule has 7 heteroatoms. The van der Waals surface area contributed by atoms with Crippen molar-refractivity contribution in [3.8, 4) is 5.75 Å². The molecule has 83 valence electrons. The second-order valence-electron chi connectivity index (χ2n) is 2.66. The Morgan fingerprint density at radius 1 is 0.933 bits per heavy atom. The van der Waals surface area contributed by atoms with Crippen LogP contribution in [-0.4, -0.2) is 5.11 Å². The van der Waals surface area contributed by atoms with Crippen molar-refractivity contribution in [2.24, 2.45) is 0 Å². The van der Waals surface area contributed by atoms with E-state index in [0.29, 0.717) is 0 Å². The number of hydrogen-bond donors (Lipinski definition) is 1. The summed E-state index contributed by atoms with van der Waals surface area (Å²) in [6.07, 6.45) is -9.91. The first-order chi connectivity index (χ1) is 6.60. The molecule has 0 fully saturated rings. The summed E-state index contributed by atoms with van der Waals surface area (Å²) < 4.78 is 72.2. The van der Waals surface area contributed by atoms with Crippen LogP contribution in [-0.2, 0) is 12.4 Å². The van der Waals surface area contributed by atoms with E-state index < -0.39 is 29.2 Å². The van der Waals surface area contributed by atoms with Gasteiger partial charge in [-0.05, 0) is 12.1 Å². The molecule has 0 aliphatic carbocycles. The van der Waals surface area contributed by atoms with Gasteiger partial charge in [0.25, 0.3) is 0 Å². The lowest BCUT2D eigenvalue weighted by molar-refractivity contribution is -0.143. The van der Waals surface area contributed by atoms with Crippen LogP contribution in [0, 0.1) is 6.07 Å². The molecule has 1 rings (SSSR count). The van der Waals surface area contributed by atoms with Crippen molar-refractivity contribution in [3.63, 3.8) is 0 Å². The molecule has 0 saturated carbocycles. The summed E-state index contributed by atoms with van der Waals surface area (Å²) in [6, 6.07) is 1.45. The van der Waals surface area contributed by atoms with Crippen molar-refractivity contribution >= 4 is 0 Å². The molecule has 0 atom stereocenters. The van der Waals surface area contributed by atoms with E-state index in [-0.39, 0.29) is 12.1 Å². The minimum absolute atomic E-state index is 0.111. The van der Waals surface area contributed by atoms with Crippen molar-refractivity contribution in [1.29, 1.82) is 0 Å². The van der Waals surface area contributed by atoms with Gasteiger partial charge in [-0.2, -0.15) is 26.3 Å². The first-order valence-corrected chi connectivity index (χ1v) is 3.51. The number of halogens is 6. The van der Waals surface area contributed by atoms with E-state index in [4.69, 9.17) is 5.11 Å². The molecular formula is C8H3F6O. The van der Waals surface area contributed by atoms with Crippen LogP contribution < -0.4 is 0 Å². The van der Waals surface area contributed by atoms with Crippen molar-refractivity contribution < 1.29 is 31.4 Å². The maximum absolute atomic E-state index is 12.0. The van der Waals surface area contributed by atoms with E-state index in [2.05, 4.69) is 0 Å². The number of alkyl halides is 6. The fourth-order valence-electron chi connectivity index (χ4n) is 0.871. The molecule has 0 amide bonds. The van der Waals surface area contributed by atoms with Crippen LogP contribution in [0.1, 0.15) is 11.1 Å². The van der Waals surface area contributed by atoms with Crippen LogP contribution in [0.5, 0.6) is 5.75 Å². The molecular weight excluding hydrogens is 226 g/mol. The Hall–Kier alpha value is -1.40. The van der Waals surface area contributed by atoms with Crippen molar-refractivity contribution in [1.82, 2.24) is 0 Å². The van der Waals surface area contributed by atoms with Gasteiger partial charge in [0, 0.05) is 6.07 Å². The highest BCUT2D eigenvalue weighted by atomic mass is 19.4. The van der Waals surface area contributed by atoms with Crippen molar-refractivity contribution in [2.75, 3.05) is 0 Å². The summed E-state index contributed by atoms with van der Waals surface area (Å²) in [5.41, 5.74) is -3.22. The zero-order chi connectivity index (χ0) is 11.9. The van der Waals surface area contributed by atoms with E-state index in [1.165, 1.54) is 6.07 Å². The third kappa shape index (κ3) is 2.77. The van der Waals surface area contributed by atoms with E-state index >= 15 is 0 Å². The molecule has 1 nitrogen and oxygen atoms in total. The van der Waals surface area contributed by atoms with Gasteiger partial charge in [0.2, 0.25) is 0 Å². The third-order valence-corrected chi connectivity index (χ3v) is 1.49. The standard InChI is InChI=1S/C8H3F6O/c9-7(10,11)4-1-5(8(12,13)14)3-6(15)2-4/h1-2,15H. The molecule has 1 aromatic carbocycles. The summed E-state index contributed by atoms with van der Waals surface area (Å²) in [6.45, 7) is 0. The molecule has 1 aromatic rings. The molecule has 0 aliphatic heterocycles. The van der Waals surface area contributed by atoms with E-state index in [1.807, 2.05) is 0 Å². The number of benzene rings is 1. The van der Waals surface area contributed by atoms with Gasteiger partial charge in [0.15, 0.2) is 0 Å². The van der Waals surface area contributed by atoms with Gasteiger partial charge < -0.3 is 5.11 Å². The van der Waals surface area contributed by atoms with Crippen LogP contribution in [0.2, 0.25) is 0 Å². The van der Waals surface area contributed by atoms with Gasteiger partial charge in [-0.15, -0.1) is 0 Å². The predicted octanol–water partition coefficient (Wildman–Crippen LogP) is 3.23. The Kier molecular flexibility index (Phi) is 2.58. The summed E-state index contributed by atoms with van der Waals surface area (Å²) in [4.78, 5) is 0. The first-order valence-electron chi connectivity index (χ1n) is 3.51. The Balaban J connectivity index is 3.30. The fourth-order valence-corrected chi connectivity index (χ4v) is 0.871. The summed E-state index contributed by atoms with van der Waals surface area (Å²) in [5.74, 6) is -1.20. The first kappa shape index (κ1) is 11.7. The highest BCUT2D eigenvalue weighted by Gasteiger charge is 2.37. The molecule has 0 bridgehead atoms. The highest BCUT2D eigenvalue weighted by Crippen LogP contribution is 2.37. The molecule has 0 spiro atoms. The lowest BCUT2D eigenvalue weighted by Gasteiger charge is -2.11. The minimum atomic E-state index is -4.97. The fraction of sp³-hybridized carbons (Fsp3) is 0.250. The molecule has 15 heavy (non-hydrogen) atoms. The average Bonchev–Trinajstić information content (AvgIpc) is 1.99. The Labute approximate surface area is 79.9 Å². The van der Waals surface area contributed by atoms with Crippen LogP contribution in [0.3, 0.4) is 0 Å². The van der Waals surface area contributed by atoms with E-state index in [9.17, 15) is 26.3 Å². The third-order valence-electron chi connectivity index (χ3n) is 1.49. The maximum atomic E-state index is 12.0. The van der Waals surface area contributed by atoms with Crippen molar-refractivity contribution in [3.05, 3.63) is 29.3 Å². The summed E-state index contributed by atoms with van der Waals surface area (Å²) in [7, 11) is 0. The maximum Gasteiger partial charge on any atom is 0.417 e. The quantitative estimate of drug-likeness (QED) is 0.677. The number of aromatic hydroxyl groups is 1. The van der Waals surface area contributed by atoms with Crippen LogP contribution in [0.15, 0.2) is 12.1 Å². The number of phenols is 1. The van der Waals surface area contributed by atoms with Crippen molar-refractivity contribution in [2.45, 2.75) is 12.4 Å². The van der Waals surface area contributed by atoms with Crippen LogP contribution in [0.25, 0.3) is 0 Å². The lowest BCUT2D eigenvalue weighted by Crippen LogP contribution is -2.10. The molecule has 0 heterocycles. The highest BCUT2D eigenvalue weighted by molar-refractivity contribution is 5.35. The SMILES string of the molecule is Oc1[c]c(C(F)(F)F)cc(C(F)(F)F)c1. The van der Waals surface area contributed by atoms with Gasteiger partial charge in [0.1, 0.15) is 5.75 Å². The van der Waals surface area contributed by atoms with E-state index in [1.54, 1.807) is 0 Å². The largest absolute Gasteiger partial charge is 0.507 e. The van der Waals surface area contributed by atoms with Gasteiger partial charge in [-0.25, -0.2) is 0 Å². The molecule has 0 aliphatic rings. The Morgan fingerprint density at radius 2 is 1.47 bits per heavy atom. The van der Waals surface area contributed by atoms with Gasteiger partial charge in [-0.3, -0.25) is 0 Å². The molecule has 0 saturated heterocycles. The molecule has 1 N–H and O–H groups in total. The molecule has 0 aromatic heterocycles. The number of hydrogen-bond acceptors (Lipinski definition) is 1. The second-order valence-corrected chi connectivity index (χ2v) is 2.66. The molecule has 0 unspecified atom stereocenters. The average molecular weight is 229 g/mol. The summed E-state index contributed by atoms with van der Waals surface area (Å²) >= 11 is 0. The summed E-state index contributed by atoms with van der Waals surface area (Å²) in [5, 5.41) is 8.66. The molecule has 1 radical (unpaired) electrons. The Morgan fingerprint density at radius 3 is 1.87 bits per heavy atom. The zero-order valence-electron chi connectivity index (χ0n) is 6.87. The Bertz CT molecular complexity index is 332. The smallest absolute Gasteiger partial charge is 0.417 e. The van der Waals surface area contributed by atoms with Crippen LogP contribution in [0.4, 0.5) is 26.3 Å². The zero-order valence-corrected chi connectivity index (χ0v) is 6.87. The van der Waals surface area contributed by atoms with Gasteiger partial charge in [-0.1, -0.05) is 0 Å². The predicted molar refractivity (Wildman–Crippen MR) is 36.9 cm³/mol. The minimum Gasteiger partial charge on any atom is -0.507 e. The van der Waals surface area contributed by atoms with E-state index in [0.717, 1.165) is 0 Å². The second kappa shape index (κ2) is 3.32. The number of phenolic OH excluding ortho intramolecular Hbond substituents is 1. The lowest BCUT2D eigenvalue weighted by atomic mass is 10.1. The number of rotatable bonds is 0. The normalized spacial score (nSPS) is 12.9. The monoisotopic (exact) mass is 229 g/mol.